The van der Waals surface area contributed by atoms with Crippen molar-refractivity contribution in [2.24, 2.45) is 0 Å². The Labute approximate surface area is 113 Å². The van der Waals surface area contributed by atoms with E-state index >= 15 is 0 Å². The topological polar surface area (TPSA) is 59.4 Å². The zero-order chi connectivity index (χ0) is 13.7. The van der Waals surface area contributed by atoms with Gasteiger partial charge in [-0.2, -0.15) is 5.10 Å². The molecule has 0 unspecified atom stereocenters. The van der Waals surface area contributed by atoms with Gasteiger partial charge in [0.05, 0.1) is 25.5 Å². The lowest BCUT2D eigenvalue weighted by Crippen LogP contribution is -2.43. The SMILES string of the molecule is CCC[C@@H](C)n1nccc1NC(=O)N1CCOCC1. The fraction of sp³-hybridized carbons (Fsp3) is 0.692. The summed E-state index contributed by atoms with van der Waals surface area (Å²) in [6.45, 7) is 6.76. The minimum Gasteiger partial charge on any atom is -0.378 e. The quantitative estimate of drug-likeness (QED) is 0.908. The van der Waals surface area contributed by atoms with Crippen LogP contribution in [0.1, 0.15) is 32.7 Å². The standard InChI is InChI=1S/C13H22N4O2/c1-3-4-11(2)17-12(5-6-14-17)15-13(18)16-7-9-19-10-8-16/h5-6,11H,3-4,7-10H2,1-2H3,(H,15,18)/t11-/m1/s1. The second kappa shape index (κ2) is 6.56. The minimum absolute atomic E-state index is 0.0752. The number of ether oxygens (including phenoxy) is 1. The van der Waals surface area contributed by atoms with E-state index in [1.807, 2.05) is 10.7 Å². The lowest BCUT2D eigenvalue weighted by molar-refractivity contribution is 0.0564. The second-order valence-electron chi connectivity index (χ2n) is 4.83. The Kier molecular flexibility index (Phi) is 4.79. The largest absolute Gasteiger partial charge is 0.378 e. The van der Waals surface area contributed by atoms with Crippen LogP contribution < -0.4 is 5.32 Å². The van der Waals surface area contributed by atoms with Gasteiger partial charge >= 0.3 is 6.03 Å². The fourth-order valence-corrected chi connectivity index (χ4v) is 2.26. The molecule has 2 amide bonds. The second-order valence-corrected chi connectivity index (χ2v) is 4.83. The van der Waals surface area contributed by atoms with Crippen molar-refractivity contribution in [1.82, 2.24) is 14.7 Å². The summed E-state index contributed by atoms with van der Waals surface area (Å²) in [6, 6.07) is 2.05. The normalized spacial score (nSPS) is 17.3. The molecule has 1 N–H and O–H groups in total. The number of nitrogens with zero attached hydrogens (tertiary/aromatic N) is 3. The molecule has 1 saturated heterocycles. The van der Waals surface area contributed by atoms with Crippen LogP contribution in [-0.2, 0) is 4.74 Å². The van der Waals surface area contributed by atoms with Gasteiger partial charge in [-0.15, -0.1) is 0 Å². The molecule has 0 aliphatic carbocycles. The summed E-state index contributed by atoms with van der Waals surface area (Å²) in [5.74, 6) is 0.762. The zero-order valence-corrected chi connectivity index (χ0v) is 11.6. The summed E-state index contributed by atoms with van der Waals surface area (Å²) in [6.07, 6.45) is 3.86. The van der Waals surface area contributed by atoms with Crippen molar-refractivity contribution >= 4 is 11.8 Å². The lowest BCUT2D eigenvalue weighted by Gasteiger charge is -2.27. The van der Waals surface area contributed by atoms with Gasteiger partial charge in [-0.3, -0.25) is 5.32 Å². The molecule has 6 nitrogen and oxygen atoms in total. The summed E-state index contributed by atoms with van der Waals surface area (Å²) in [4.78, 5) is 13.9. The van der Waals surface area contributed by atoms with Crippen molar-refractivity contribution in [2.75, 3.05) is 31.6 Å². The maximum Gasteiger partial charge on any atom is 0.323 e. The van der Waals surface area contributed by atoms with Crippen LogP contribution in [0.3, 0.4) is 0 Å². The number of morpholine rings is 1. The summed E-state index contributed by atoms with van der Waals surface area (Å²) in [5.41, 5.74) is 0. The van der Waals surface area contributed by atoms with E-state index < -0.39 is 0 Å². The number of aromatic nitrogens is 2. The number of hydrogen-bond donors (Lipinski definition) is 1. The zero-order valence-electron chi connectivity index (χ0n) is 11.6. The Morgan fingerprint density at radius 1 is 1.53 bits per heavy atom. The highest BCUT2D eigenvalue weighted by Crippen LogP contribution is 2.18. The van der Waals surface area contributed by atoms with Crippen LogP contribution in [0.5, 0.6) is 0 Å². The number of hydrogen-bond acceptors (Lipinski definition) is 3. The predicted octanol–water partition coefficient (Wildman–Crippen LogP) is 2.11. The molecule has 19 heavy (non-hydrogen) atoms. The van der Waals surface area contributed by atoms with E-state index in [9.17, 15) is 4.79 Å². The number of urea groups is 1. The molecular weight excluding hydrogens is 244 g/mol. The molecule has 106 valence electrons. The van der Waals surface area contributed by atoms with Gasteiger partial charge in [-0.1, -0.05) is 13.3 Å². The van der Waals surface area contributed by atoms with E-state index in [1.165, 1.54) is 0 Å². The Balaban J connectivity index is 1.98. The first-order valence-corrected chi connectivity index (χ1v) is 6.89. The van der Waals surface area contributed by atoms with E-state index in [0.29, 0.717) is 32.3 Å². The smallest absolute Gasteiger partial charge is 0.323 e. The molecule has 1 aliphatic rings. The number of carbonyl (C=O) groups is 1. The molecule has 0 aromatic carbocycles. The summed E-state index contributed by atoms with van der Waals surface area (Å²) in [7, 11) is 0. The van der Waals surface area contributed by atoms with E-state index in [0.717, 1.165) is 18.7 Å². The molecular formula is C13H22N4O2. The van der Waals surface area contributed by atoms with Gasteiger partial charge in [-0.05, 0) is 13.3 Å². The summed E-state index contributed by atoms with van der Waals surface area (Å²) in [5, 5.41) is 7.22. The highest BCUT2D eigenvalue weighted by atomic mass is 16.5. The fourth-order valence-electron chi connectivity index (χ4n) is 2.26. The molecule has 1 aliphatic heterocycles. The minimum atomic E-state index is -0.0752. The van der Waals surface area contributed by atoms with Gasteiger partial charge in [0.1, 0.15) is 5.82 Å². The Morgan fingerprint density at radius 2 is 2.26 bits per heavy atom. The maximum absolute atomic E-state index is 12.1. The molecule has 0 bridgehead atoms. The molecule has 2 heterocycles. The van der Waals surface area contributed by atoms with E-state index in [2.05, 4.69) is 24.3 Å². The monoisotopic (exact) mass is 266 g/mol. The number of amides is 2. The predicted molar refractivity (Wildman–Crippen MR) is 73.3 cm³/mol. The van der Waals surface area contributed by atoms with E-state index in [4.69, 9.17) is 4.74 Å². The van der Waals surface area contributed by atoms with Crippen LogP contribution in [0.4, 0.5) is 10.6 Å². The maximum atomic E-state index is 12.1. The summed E-state index contributed by atoms with van der Waals surface area (Å²) >= 11 is 0. The summed E-state index contributed by atoms with van der Waals surface area (Å²) < 4.78 is 7.12. The molecule has 1 fully saturated rings. The Bertz CT molecular complexity index is 413. The van der Waals surface area contributed by atoms with Crippen LogP contribution in [0.2, 0.25) is 0 Å². The van der Waals surface area contributed by atoms with Crippen LogP contribution in [-0.4, -0.2) is 47.0 Å². The molecule has 0 radical (unpaired) electrons. The van der Waals surface area contributed by atoms with Crippen LogP contribution in [0.25, 0.3) is 0 Å². The van der Waals surface area contributed by atoms with Gasteiger partial charge in [0.15, 0.2) is 0 Å². The number of nitrogens with one attached hydrogen (secondary N) is 1. The highest BCUT2D eigenvalue weighted by Gasteiger charge is 2.19. The van der Waals surface area contributed by atoms with Crippen molar-refractivity contribution in [3.8, 4) is 0 Å². The number of carbonyl (C=O) groups excluding carboxylic acids is 1. The molecule has 1 aromatic heterocycles. The Hall–Kier alpha value is -1.56. The van der Waals surface area contributed by atoms with Gasteiger partial charge in [0.25, 0.3) is 0 Å². The molecule has 0 saturated carbocycles. The van der Waals surface area contributed by atoms with Crippen molar-refractivity contribution in [1.29, 1.82) is 0 Å². The third kappa shape index (κ3) is 3.47. The first-order chi connectivity index (χ1) is 9.22. The van der Waals surface area contributed by atoms with E-state index in [1.54, 1.807) is 11.1 Å². The Morgan fingerprint density at radius 3 is 2.95 bits per heavy atom. The third-order valence-electron chi connectivity index (χ3n) is 3.33. The molecule has 1 atom stereocenters. The van der Waals surface area contributed by atoms with E-state index in [-0.39, 0.29) is 6.03 Å². The first kappa shape index (κ1) is 13.9. The van der Waals surface area contributed by atoms with Crippen LogP contribution >= 0.6 is 0 Å². The van der Waals surface area contributed by atoms with Gasteiger partial charge in [-0.25, -0.2) is 9.48 Å². The van der Waals surface area contributed by atoms with Gasteiger partial charge in [0, 0.05) is 19.2 Å². The van der Waals surface area contributed by atoms with Crippen LogP contribution in [0.15, 0.2) is 12.3 Å². The van der Waals surface area contributed by atoms with Crippen molar-refractivity contribution in [2.45, 2.75) is 32.7 Å². The number of rotatable bonds is 4. The average molecular weight is 266 g/mol. The van der Waals surface area contributed by atoms with Gasteiger partial charge < -0.3 is 9.64 Å². The first-order valence-electron chi connectivity index (χ1n) is 6.89. The molecule has 6 heteroatoms. The average Bonchev–Trinajstić information content (AvgIpc) is 2.88. The van der Waals surface area contributed by atoms with Crippen molar-refractivity contribution in [3.63, 3.8) is 0 Å². The molecule has 2 rings (SSSR count). The molecule has 0 spiro atoms. The van der Waals surface area contributed by atoms with Crippen LogP contribution in [0, 0.1) is 0 Å². The third-order valence-corrected chi connectivity index (χ3v) is 3.33. The van der Waals surface area contributed by atoms with Gasteiger partial charge in [0.2, 0.25) is 0 Å². The lowest BCUT2D eigenvalue weighted by atomic mass is 10.2. The number of anilines is 1. The highest BCUT2D eigenvalue weighted by molar-refractivity contribution is 5.88. The van der Waals surface area contributed by atoms with Crippen molar-refractivity contribution in [3.05, 3.63) is 12.3 Å². The van der Waals surface area contributed by atoms with Crippen molar-refractivity contribution < 1.29 is 9.53 Å². The molecule has 1 aromatic rings.